The Labute approximate surface area is 207 Å². The van der Waals surface area contributed by atoms with E-state index >= 15 is 0 Å². The Balaban J connectivity index is 1.35. The number of pyridine rings is 1. The molecule has 0 radical (unpaired) electrons. The summed E-state index contributed by atoms with van der Waals surface area (Å²) in [6, 6.07) is 18.8. The quantitative estimate of drug-likeness (QED) is 0.294. The number of nitro groups is 1. The van der Waals surface area contributed by atoms with E-state index in [1.807, 2.05) is 34.4 Å². The van der Waals surface area contributed by atoms with Gasteiger partial charge < -0.3 is 14.2 Å². The molecule has 0 bridgehead atoms. The van der Waals surface area contributed by atoms with Crippen LogP contribution in [0.2, 0.25) is 0 Å². The number of carbonyl (C=O) groups excluding carboxylic acids is 1. The smallest absolute Gasteiger partial charge is 0.269 e. The Hall–Kier alpha value is -4.27. The third-order valence-corrected chi connectivity index (χ3v) is 6.83. The standard InChI is InChI=1S/C27H26FN5O3/c1-19-5-4-8-26-29-18-25(32(19)26)23(22-6-2-3-7-24(22)28)17-27(34)31-15-13-30(14-16-31)20-9-11-21(12-10-20)33(35)36/h2-12,18,23H,13-17H2,1H3. The summed E-state index contributed by atoms with van der Waals surface area (Å²) in [5.41, 5.74) is 3.92. The van der Waals surface area contributed by atoms with Gasteiger partial charge in [0.1, 0.15) is 11.5 Å². The van der Waals surface area contributed by atoms with Gasteiger partial charge in [0.15, 0.2) is 0 Å². The van der Waals surface area contributed by atoms with Gasteiger partial charge in [-0.1, -0.05) is 24.3 Å². The molecule has 5 rings (SSSR count). The number of hydrogen-bond donors (Lipinski definition) is 0. The van der Waals surface area contributed by atoms with Gasteiger partial charge in [-0.2, -0.15) is 0 Å². The largest absolute Gasteiger partial charge is 0.368 e. The van der Waals surface area contributed by atoms with E-state index in [9.17, 15) is 19.3 Å². The molecular formula is C27H26FN5O3. The fourth-order valence-electron chi connectivity index (χ4n) is 4.91. The average Bonchev–Trinajstić information content (AvgIpc) is 3.33. The molecule has 1 aliphatic heterocycles. The van der Waals surface area contributed by atoms with Crippen LogP contribution >= 0.6 is 0 Å². The zero-order chi connectivity index (χ0) is 25.2. The highest BCUT2D eigenvalue weighted by Crippen LogP contribution is 2.32. The van der Waals surface area contributed by atoms with Crippen molar-refractivity contribution < 1.29 is 14.1 Å². The van der Waals surface area contributed by atoms with E-state index < -0.39 is 10.8 Å². The second-order valence-electron chi connectivity index (χ2n) is 8.96. The van der Waals surface area contributed by atoms with Crippen molar-refractivity contribution in [3.8, 4) is 0 Å². The van der Waals surface area contributed by atoms with E-state index in [0.717, 1.165) is 22.7 Å². The molecule has 2 aromatic heterocycles. The van der Waals surface area contributed by atoms with Crippen LogP contribution in [0.1, 0.15) is 29.3 Å². The molecule has 0 aliphatic carbocycles. The molecule has 4 aromatic rings. The van der Waals surface area contributed by atoms with Crippen LogP contribution in [-0.2, 0) is 4.79 Å². The van der Waals surface area contributed by atoms with Crippen molar-refractivity contribution in [3.05, 3.63) is 106 Å². The van der Waals surface area contributed by atoms with E-state index in [1.54, 1.807) is 36.5 Å². The van der Waals surface area contributed by atoms with Crippen LogP contribution in [0.5, 0.6) is 0 Å². The number of fused-ring (bicyclic) bond motifs is 1. The van der Waals surface area contributed by atoms with Crippen LogP contribution in [0.4, 0.5) is 15.8 Å². The number of aromatic nitrogens is 2. The highest BCUT2D eigenvalue weighted by atomic mass is 19.1. The van der Waals surface area contributed by atoms with Gasteiger partial charge in [0.05, 0.1) is 10.6 Å². The highest BCUT2D eigenvalue weighted by molar-refractivity contribution is 5.78. The Bertz CT molecular complexity index is 1410. The van der Waals surface area contributed by atoms with E-state index in [2.05, 4.69) is 9.88 Å². The molecule has 0 saturated carbocycles. The molecule has 1 amide bonds. The summed E-state index contributed by atoms with van der Waals surface area (Å²) >= 11 is 0. The van der Waals surface area contributed by atoms with E-state index in [1.165, 1.54) is 18.2 Å². The minimum absolute atomic E-state index is 0.0462. The molecule has 3 heterocycles. The van der Waals surface area contributed by atoms with E-state index in [4.69, 9.17) is 0 Å². The molecular weight excluding hydrogens is 461 g/mol. The van der Waals surface area contributed by atoms with Gasteiger partial charge in [-0.15, -0.1) is 0 Å². The third kappa shape index (κ3) is 4.51. The van der Waals surface area contributed by atoms with Gasteiger partial charge in [-0.05, 0) is 42.8 Å². The highest BCUT2D eigenvalue weighted by Gasteiger charge is 2.29. The lowest BCUT2D eigenvalue weighted by Crippen LogP contribution is -2.49. The van der Waals surface area contributed by atoms with Crippen LogP contribution in [0.15, 0.2) is 72.9 Å². The molecule has 9 heteroatoms. The maximum Gasteiger partial charge on any atom is 0.269 e. The van der Waals surface area contributed by atoms with Gasteiger partial charge in [0, 0.05) is 68.2 Å². The number of nitro benzene ring substituents is 1. The number of non-ortho nitro benzene ring substituents is 1. The minimum atomic E-state index is -0.484. The molecule has 0 spiro atoms. The van der Waals surface area contributed by atoms with E-state index in [-0.39, 0.29) is 23.8 Å². The first-order valence-electron chi connectivity index (χ1n) is 11.9. The summed E-state index contributed by atoms with van der Waals surface area (Å²) in [5, 5.41) is 10.9. The summed E-state index contributed by atoms with van der Waals surface area (Å²) in [5.74, 6) is -0.875. The number of nitrogens with zero attached hydrogens (tertiary/aromatic N) is 5. The summed E-state index contributed by atoms with van der Waals surface area (Å²) in [7, 11) is 0. The lowest BCUT2D eigenvalue weighted by Gasteiger charge is -2.36. The maximum atomic E-state index is 14.9. The topological polar surface area (TPSA) is 84.0 Å². The molecule has 1 saturated heterocycles. The number of anilines is 1. The van der Waals surface area contributed by atoms with Crippen LogP contribution in [0, 0.1) is 22.9 Å². The predicted octanol–water partition coefficient (Wildman–Crippen LogP) is 4.56. The van der Waals surface area contributed by atoms with Crippen molar-refractivity contribution in [2.24, 2.45) is 0 Å². The van der Waals surface area contributed by atoms with Crippen LogP contribution < -0.4 is 4.90 Å². The number of imidazole rings is 1. The second kappa shape index (κ2) is 9.77. The van der Waals surface area contributed by atoms with Gasteiger partial charge in [-0.25, -0.2) is 9.37 Å². The van der Waals surface area contributed by atoms with Crippen LogP contribution in [0.3, 0.4) is 0 Å². The summed E-state index contributed by atoms with van der Waals surface area (Å²) in [6.45, 7) is 4.24. The van der Waals surface area contributed by atoms with Crippen molar-refractivity contribution in [3.63, 3.8) is 0 Å². The Morgan fingerprint density at radius 2 is 1.75 bits per heavy atom. The number of benzene rings is 2. The number of hydrogen-bond acceptors (Lipinski definition) is 5. The van der Waals surface area contributed by atoms with Crippen molar-refractivity contribution in [1.82, 2.24) is 14.3 Å². The zero-order valence-corrected chi connectivity index (χ0v) is 19.9. The molecule has 1 atom stereocenters. The van der Waals surface area contributed by atoms with Crippen molar-refractivity contribution >= 4 is 22.9 Å². The molecule has 36 heavy (non-hydrogen) atoms. The SMILES string of the molecule is Cc1cccc2ncc(C(CC(=O)N3CCN(c4ccc([N+](=O)[O-])cc4)CC3)c3ccccc3F)n12. The summed E-state index contributed by atoms with van der Waals surface area (Å²) < 4.78 is 16.9. The predicted molar refractivity (Wildman–Crippen MR) is 135 cm³/mol. The Kier molecular flexibility index (Phi) is 6.37. The normalized spacial score (nSPS) is 14.7. The number of amides is 1. The first kappa shape index (κ1) is 23.5. The monoisotopic (exact) mass is 487 g/mol. The molecule has 1 aliphatic rings. The number of aryl methyl sites for hydroxylation is 1. The molecule has 1 fully saturated rings. The van der Waals surface area contributed by atoms with Gasteiger partial charge in [-0.3, -0.25) is 14.9 Å². The fraction of sp³-hybridized carbons (Fsp3) is 0.259. The van der Waals surface area contributed by atoms with Gasteiger partial charge in [0.2, 0.25) is 5.91 Å². The lowest BCUT2D eigenvalue weighted by atomic mass is 9.91. The number of halogens is 1. The molecule has 0 N–H and O–H groups in total. The fourth-order valence-corrected chi connectivity index (χ4v) is 4.91. The average molecular weight is 488 g/mol. The third-order valence-electron chi connectivity index (χ3n) is 6.83. The zero-order valence-electron chi connectivity index (χ0n) is 19.9. The second-order valence-corrected chi connectivity index (χ2v) is 8.96. The van der Waals surface area contributed by atoms with Crippen LogP contribution in [-0.4, -0.2) is 51.3 Å². The maximum absolute atomic E-state index is 14.9. The molecule has 8 nitrogen and oxygen atoms in total. The van der Waals surface area contributed by atoms with Crippen molar-refractivity contribution in [2.45, 2.75) is 19.3 Å². The number of carbonyl (C=O) groups is 1. The number of rotatable bonds is 6. The molecule has 184 valence electrons. The number of piperazine rings is 1. The Morgan fingerprint density at radius 3 is 2.44 bits per heavy atom. The van der Waals surface area contributed by atoms with Crippen molar-refractivity contribution in [1.29, 1.82) is 0 Å². The summed E-state index contributed by atoms with van der Waals surface area (Å²) in [6.07, 6.45) is 1.86. The summed E-state index contributed by atoms with van der Waals surface area (Å²) in [4.78, 5) is 32.4. The Morgan fingerprint density at radius 1 is 1.03 bits per heavy atom. The van der Waals surface area contributed by atoms with Crippen molar-refractivity contribution in [2.75, 3.05) is 31.1 Å². The van der Waals surface area contributed by atoms with Gasteiger partial charge in [0.25, 0.3) is 5.69 Å². The first-order chi connectivity index (χ1) is 17.4. The lowest BCUT2D eigenvalue weighted by molar-refractivity contribution is -0.384. The van der Waals surface area contributed by atoms with E-state index in [0.29, 0.717) is 31.7 Å². The van der Waals surface area contributed by atoms with Crippen LogP contribution in [0.25, 0.3) is 5.65 Å². The first-order valence-corrected chi connectivity index (χ1v) is 11.9. The molecule has 2 aromatic carbocycles. The van der Waals surface area contributed by atoms with Gasteiger partial charge >= 0.3 is 0 Å². The molecule has 1 unspecified atom stereocenters. The minimum Gasteiger partial charge on any atom is -0.368 e.